The van der Waals surface area contributed by atoms with E-state index in [2.05, 4.69) is 17.2 Å². The molecule has 1 amide bonds. The van der Waals surface area contributed by atoms with Gasteiger partial charge in [0, 0.05) is 4.88 Å². The van der Waals surface area contributed by atoms with Gasteiger partial charge < -0.3 is 5.32 Å². The molecule has 1 saturated heterocycles. The van der Waals surface area contributed by atoms with E-state index < -0.39 is 15.8 Å². The molecule has 5 nitrogen and oxygen atoms in total. The molecule has 2 aliphatic rings. The van der Waals surface area contributed by atoms with Crippen LogP contribution in [0.4, 0.5) is 5.13 Å². The zero-order valence-corrected chi connectivity index (χ0v) is 13.0. The van der Waals surface area contributed by atoms with Crippen molar-refractivity contribution in [2.45, 2.75) is 32.6 Å². The summed E-state index contributed by atoms with van der Waals surface area (Å²) in [6, 6.07) is 0. The lowest BCUT2D eigenvalue weighted by Gasteiger charge is -2.15. The van der Waals surface area contributed by atoms with Crippen LogP contribution in [0.15, 0.2) is 0 Å². The number of aryl methyl sites for hydroxylation is 1. The van der Waals surface area contributed by atoms with Gasteiger partial charge in [0.25, 0.3) is 0 Å². The molecule has 0 unspecified atom stereocenters. The van der Waals surface area contributed by atoms with E-state index in [0.29, 0.717) is 17.5 Å². The quantitative estimate of drug-likeness (QED) is 0.900. The highest BCUT2D eigenvalue weighted by molar-refractivity contribution is 7.91. The van der Waals surface area contributed by atoms with Gasteiger partial charge in [0.05, 0.1) is 23.1 Å². The van der Waals surface area contributed by atoms with Crippen molar-refractivity contribution in [3.63, 3.8) is 0 Å². The normalized spacial score (nSPS) is 28.1. The van der Waals surface area contributed by atoms with Crippen molar-refractivity contribution in [3.8, 4) is 0 Å². The van der Waals surface area contributed by atoms with E-state index >= 15 is 0 Å². The molecule has 0 aromatic carbocycles. The number of anilines is 1. The molecule has 0 radical (unpaired) electrons. The number of sulfone groups is 1. The van der Waals surface area contributed by atoms with Crippen LogP contribution in [0.2, 0.25) is 0 Å². The van der Waals surface area contributed by atoms with Crippen LogP contribution < -0.4 is 5.32 Å². The minimum Gasteiger partial charge on any atom is -0.302 e. The lowest BCUT2D eigenvalue weighted by Crippen LogP contribution is -2.23. The lowest BCUT2D eigenvalue weighted by atomic mass is 9.93. The molecule has 1 aliphatic carbocycles. The van der Waals surface area contributed by atoms with Gasteiger partial charge in [0.2, 0.25) is 5.91 Å². The monoisotopic (exact) mass is 314 g/mol. The van der Waals surface area contributed by atoms with E-state index in [9.17, 15) is 13.2 Å². The Balaban J connectivity index is 1.68. The second-order valence-corrected chi connectivity index (χ2v) is 9.14. The minimum atomic E-state index is -3.02. The maximum Gasteiger partial charge on any atom is 0.230 e. The number of fused-ring (bicyclic) bond motifs is 1. The molecule has 110 valence electrons. The van der Waals surface area contributed by atoms with Crippen LogP contribution in [0.1, 0.15) is 30.3 Å². The first-order chi connectivity index (χ1) is 9.43. The fourth-order valence-electron chi connectivity index (χ4n) is 2.80. The fraction of sp³-hybridized carbons (Fsp3) is 0.692. The Labute approximate surface area is 122 Å². The van der Waals surface area contributed by atoms with Crippen molar-refractivity contribution in [1.29, 1.82) is 0 Å². The van der Waals surface area contributed by atoms with Crippen molar-refractivity contribution in [1.82, 2.24) is 4.98 Å². The summed E-state index contributed by atoms with van der Waals surface area (Å²) in [6.45, 7) is 2.23. The van der Waals surface area contributed by atoms with Gasteiger partial charge in [-0.25, -0.2) is 13.4 Å². The molecule has 3 rings (SSSR count). The van der Waals surface area contributed by atoms with Gasteiger partial charge in [0.1, 0.15) is 0 Å². The Morgan fingerprint density at radius 3 is 2.90 bits per heavy atom. The molecule has 20 heavy (non-hydrogen) atoms. The molecule has 0 bridgehead atoms. The number of hydrogen-bond donors (Lipinski definition) is 1. The first kappa shape index (κ1) is 14.0. The summed E-state index contributed by atoms with van der Waals surface area (Å²) in [5, 5.41) is 3.42. The lowest BCUT2D eigenvalue weighted by molar-refractivity contribution is -0.119. The van der Waals surface area contributed by atoms with Crippen LogP contribution in [-0.2, 0) is 27.5 Å². The summed E-state index contributed by atoms with van der Waals surface area (Å²) in [4.78, 5) is 17.8. The molecular weight excluding hydrogens is 296 g/mol. The summed E-state index contributed by atoms with van der Waals surface area (Å²) in [7, 11) is -3.02. The maximum absolute atomic E-state index is 12.1. The standard InChI is InChI=1S/C13H18N2O3S2/c1-8-2-3-10-11(6-8)19-13(14-10)15-12(16)9-4-5-20(17,18)7-9/h8-9H,2-7H2,1H3,(H,14,15,16)/t8-,9+/m0/s1. The zero-order valence-electron chi connectivity index (χ0n) is 11.4. The Morgan fingerprint density at radius 2 is 2.20 bits per heavy atom. The van der Waals surface area contributed by atoms with E-state index in [4.69, 9.17) is 0 Å². The Hall–Kier alpha value is -0.950. The number of aromatic nitrogens is 1. The number of nitrogens with one attached hydrogen (secondary N) is 1. The minimum absolute atomic E-state index is 0.0268. The second kappa shape index (κ2) is 5.11. The molecule has 7 heteroatoms. The summed E-state index contributed by atoms with van der Waals surface area (Å²) in [5.41, 5.74) is 1.10. The Bertz CT molecular complexity index is 636. The van der Waals surface area contributed by atoms with E-state index in [0.717, 1.165) is 25.0 Å². The molecule has 1 aromatic rings. The van der Waals surface area contributed by atoms with Crippen molar-refractivity contribution >= 4 is 32.2 Å². The highest BCUT2D eigenvalue weighted by Gasteiger charge is 2.33. The highest BCUT2D eigenvalue weighted by atomic mass is 32.2. The number of carbonyl (C=O) groups excluding carboxylic acids is 1. The smallest absolute Gasteiger partial charge is 0.230 e. The van der Waals surface area contributed by atoms with Crippen LogP contribution in [0, 0.1) is 11.8 Å². The van der Waals surface area contributed by atoms with E-state index in [1.807, 2.05) is 0 Å². The van der Waals surface area contributed by atoms with Gasteiger partial charge in [-0.2, -0.15) is 0 Å². The average molecular weight is 314 g/mol. The van der Waals surface area contributed by atoms with Crippen LogP contribution in [-0.4, -0.2) is 30.8 Å². The van der Waals surface area contributed by atoms with Crippen LogP contribution in [0.5, 0.6) is 0 Å². The summed E-state index contributed by atoms with van der Waals surface area (Å²) < 4.78 is 22.8. The maximum atomic E-state index is 12.1. The number of thiazole rings is 1. The topological polar surface area (TPSA) is 76.1 Å². The number of carbonyl (C=O) groups is 1. The molecule has 1 aromatic heterocycles. The number of rotatable bonds is 2. The molecule has 1 aliphatic heterocycles. The third kappa shape index (κ3) is 2.88. The molecular formula is C13H18N2O3S2. The van der Waals surface area contributed by atoms with E-state index in [1.54, 1.807) is 0 Å². The van der Waals surface area contributed by atoms with Crippen LogP contribution in [0.3, 0.4) is 0 Å². The zero-order chi connectivity index (χ0) is 14.3. The summed E-state index contributed by atoms with van der Waals surface area (Å²) in [5.74, 6) is 0.148. The predicted molar refractivity (Wildman–Crippen MR) is 78.7 cm³/mol. The molecule has 1 N–H and O–H groups in total. The number of amides is 1. The highest BCUT2D eigenvalue weighted by Crippen LogP contribution is 2.32. The van der Waals surface area contributed by atoms with Crippen LogP contribution >= 0.6 is 11.3 Å². The SMILES string of the molecule is C[C@H]1CCc2nc(NC(=O)[C@@H]3CCS(=O)(=O)C3)sc2C1. The summed E-state index contributed by atoms with van der Waals surface area (Å²) in [6.07, 6.45) is 3.57. The van der Waals surface area contributed by atoms with Crippen molar-refractivity contribution in [2.24, 2.45) is 11.8 Å². The van der Waals surface area contributed by atoms with Gasteiger partial charge in [-0.3, -0.25) is 4.79 Å². The van der Waals surface area contributed by atoms with Gasteiger partial charge >= 0.3 is 0 Å². The Kier molecular flexibility index (Phi) is 3.58. The Morgan fingerprint density at radius 1 is 1.40 bits per heavy atom. The molecule has 1 fully saturated rings. The van der Waals surface area contributed by atoms with E-state index in [1.165, 1.54) is 16.2 Å². The largest absolute Gasteiger partial charge is 0.302 e. The van der Waals surface area contributed by atoms with Crippen molar-refractivity contribution < 1.29 is 13.2 Å². The third-order valence-corrected chi connectivity index (χ3v) is 6.82. The van der Waals surface area contributed by atoms with Gasteiger partial charge in [-0.1, -0.05) is 6.92 Å². The number of nitrogens with zero attached hydrogens (tertiary/aromatic N) is 1. The average Bonchev–Trinajstić information content (AvgIpc) is 2.91. The van der Waals surface area contributed by atoms with Gasteiger partial charge in [-0.15, -0.1) is 11.3 Å². The third-order valence-electron chi connectivity index (χ3n) is 4.02. The van der Waals surface area contributed by atoms with Gasteiger partial charge in [0.15, 0.2) is 15.0 Å². The van der Waals surface area contributed by atoms with Crippen LogP contribution in [0.25, 0.3) is 0 Å². The molecule has 2 atom stereocenters. The molecule has 0 spiro atoms. The first-order valence-corrected chi connectivity index (χ1v) is 9.56. The first-order valence-electron chi connectivity index (χ1n) is 6.93. The fourth-order valence-corrected chi connectivity index (χ4v) is 5.72. The number of hydrogen-bond acceptors (Lipinski definition) is 5. The second-order valence-electron chi connectivity index (χ2n) is 5.83. The summed E-state index contributed by atoms with van der Waals surface area (Å²) >= 11 is 1.53. The van der Waals surface area contributed by atoms with E-state index in [-0.39, 0.29) is 17.4 Å². The van der Waals surface area contributed by atoms with Gasteiger partial charge in [-0.05, 0) is 31.6 Å². The van der Waals surface area contributed by atoms with Crippen molar-refractivity contribution in [2.75, 3.05) is 16.8 Å². The predicted octanol–water partition coefficient (Wildman–Crippen LogP) is 1.64. The molecule has 2 heterocycles. The van der Waals surface area contributed by atoms with Crippen molar-refractivity contribution in [3.05, 3.63) is 10.6 Å². The molecule has 0 saturated carbocycles.